The zero-order chi connectivity index (χ0) is 47.2. The van der Waals surface area contributed by atoms with Crippen molar-refractivity contribution in [3.63, 3.8) is 0 Å². The van der Waals surface area contributed by atoms with E-state index in [2.05, 4.69) is 19.1 Å². The lowest BCUT2D eigenvalue weighted by Crippen LogP contribution is -2.35. The Kier molecular flexibility index (Phi) is 59.5. The number of Topliss-reactive ketones (excluding diaryl/α,β-unsaturated/α-hetero) is 2. The standard InChI is InChI=1S/C7H10O6.C7H8O5.C7H6O2.C7H8.C6H6.4CO2.2CH4/c1-3(8)6(11)4(7(12)13)2-5(9)10;1-4(8)2-5(7(11)12)3-6(9)10;8-7(9)6-4-2-1-3-5-6;1-7-5-3-2-4-6-7;1-2-4-6-5-3-1;4*2-1-3;;/h4,6,11H,2H2,1H3,(H,9,10)(H,12,13);3H,2H2,1H3,(H,9,10)(H,11,12);1-5H,(H,8,9);2-6H,1H3;1-6H;;;;;2*1H4/b;5-3-;;;;;;;;;. The van der Waals surface area contributed by atoms with Gasteiger partial charge in [0.05, 0.1) is 17.6 Å². The lowest BCUT2D eigenvalue weighted by molar-refractivity contribution is -0.193. The van der Waals surface area contributed by atoms with Gasteiger partial charge in [0.15, 0.2) is 5.78 Å². The van der Waals surface area contributed by atoms with Gasteiger partial charge in [-0.3, -0.25) is 19.2 Å². The van der Waals surface area contributed by atoms with Gasteiger partial charge in [-0.2, -0.15) is 38.4 Å². The van der Waals surface area contributed by atoms with Crippen molar-refractivity contribution < 1.29 is 103 Å². The minimum absolute atomic E-state index is 0. The van der Waals surface area contributed by atoms with Gasteiger partial charge >= 0.3 is 54.5 Å². The van der Waals surface area contributed by atoms with E-state index in [4.69, 9.17) is 69.0 Å². The summed E-state index contributed by atoms with van der Waals surface area (Å²) >= 11 is 0. The van der Waals surface area contributed by atoms with Crippen molar-refractivity contribution in [1.29, 1.82) is 0 Å². The molecule has 3 aromatic rings. The fraction of sp³-hybridized carbons (Fsp3) is 0.225. The summed E-state index contributed by atoms with van der Waals surface area (Å²) in [4.78, 5) is 137. The number of aliphatic hydroxyl groups excluding tert-OH is 1. The molecule has 0 heterocycles. The van der Waals surface area contributed by atoms with E-state index >= 15 is 0 Å². The maximum Gasteiger partial charge on any atom is 0.373 e. The molecule has 61 heavy (non-hydrogen) atoms. The van der Waals surface area contributed by atoms with Crippen molar-refractivity contribution in [2.24, 2.45) is 5.92 Å². The number of rotatable bonds is 10. The van der Waals surface area contributed by atoms with Crippen LogP contribution in [-0.4, -0.2) is 103 Å². The third-order valence-electron chi connectivity index (χ3n) is 5.15. The van der Waals surface area contributed by atoms with Crippen LogP contribution in [0.4, 0.5) is 0 Å². The van der Waals surface area contributed by atoms with Crippen LogP contribution >= 0.6 is 0 Å². The summed E-state index contributed by atoms with van der Waals surface area (Å²) < 4.78 is 0. The predicted octanol–water partition coefficient (Wildman–Crippen LogP) is 3.18. The molecule has 0 aliphatic rings. The highest BCUT2D eigenvalue weighted by atomic mass is 16.4. The van der Waals surface area contributed by atoms with Gasteiger partial charge in [0, 0.05) is 12.5 Å². The van der Waals surface area contributed by atoms with Crippen molar-refractivity contribution in [1.82, 2.24) is 0 Å². The molecule has 0 saturated carbocycles. The molecule has 332 valence electrons. The fourth-order valence-electron chi connectivity index (χ4n) is 2.91. The second-order valence-corrected chi connectivity index (χ2v) is 9.60. The van der Waals surface area contributed by atoms with Gasteiger partial charge in [-0.1, -0.05) is 105 Å². The predicted molar refractivity (Wildman–Crippen MR) is 203 cm³/mol. The van der Waals surface area contributed by atoms with Crippen LogP contribution in [0.1, 0.15) is 57.5 Å². The maximum atomic E-state index is 10.6. The Balaban J connectivity index is -0.0000000905. The summed E-state index contributed by atoms with van der Waals surface area (Å²) in [5.74, 6) is -9.21. The molecule has 3 aromatic carbocycles. The smallest absolute Gasteiger partial charge is 0.373 e. The van der Waals surface area contributed by atoms with Crippen LogP contribution in [0.3, 0.4) is 0 Å². The van der Waals surface area contributed by atoms with E-state index in [0.717, 1.165) is 6.92 Å². The number of carboxylic acid groups (broad SMARTS) is 5. The Morgan fingerprint density at radius 3 is 1.07 bits per heavy atom. The molecule has 2 unspecified atom stereocenters. The molecule has 0 fully saturated rings. The monoisotopic (exact) mass is 862 g/mol. The molecule has 2 atom stereocenters. The number of carbonyl (C=O) groups is 7. The number of ketones is 2. The van der Waals surface area contributed by atoms with Gasteiger partial charge in [-0.05, 0) is 32.9 Å². The van der Waals surface area contributed by atoms with Crippen LogP contribution < -0.4 is 0 Å². The molecule has 0 bridgehead atoms. The van der Waals surface area contributed by atoms with Crippen LogP contribution in [0, 0.1) is 12.8 Å². The van der Waals surface area contributed by atoms with Crippen LogP contribution in [0.2, 0.25) is 0 Å². The number of hydrogen-bond acceptors (Lipinski definition) is 16. The largest absolute Gasteiger partial charge is 0.481 e. The Morgan fingerprint density at radius 2 is 0.885 bits per heavy atom. The average molecular weight is 863 g/mol. The van der Waals surface area contributed by atoms with E-state index in [1.54, 1.807) is 30.3 Å². The minimum Gasteiger partial charge on any atom is -0.481 e. The Labute approximate surface area is 348 Å². The zero-order valence-corrected chi connectivity index (χ0v) is 31.2. The van der Waals surface area contributed by atoms with E-state index in [9.17, 15) is 33.6 Å². The molecule has 6 N–H and O–H groups in total. The SMILES string of the molecule is C.C.CC(=O)C(O)C(CC(=O)O)C(=O)O.CC(=O)C/C(=C/C(=O)O)C(=O)O.Cc1ccccc1.O=C(O)c1ccccc1.O=C=O.O=C=O.O=C=O.O=C=O.c1ccccc1. The topological polar surface area (TPSA) is 377 Å². The summed E-state index contributed by atoms with van der Waals surface area (Å²) in [5.41, 5.74) is 1.25. The molecule has 0 saturated heterocycles. The van der Waals surface area contributed by atoms with Gasteiger partial charge in [-0.25, -0.2) is 14.4 Å². The fourth-order valence-corrected chi connectivity index (χ4v) is 2.91. The summed E-state index contributed by atoms with van der Waals surface area (Å²) in [6.45, 7) is 4.28. The first kappa shape index (κ1) is 70.4. The average Bonchev–Trinajstić information content (AvgIpc) is 3.16. The van der Waals surface area contributed by atoms with Crippen molar-refractivity contribution in [3.05, 3.63) is 120 Å². The third kappa shape index (κ3) is 61.0. The Bertz CT molecular complexity index is 1740. The quantitative estimate of drug-likeness (QED) is 0.159. The molecule has 21 nitrogen and oxygen atoms in total. The van der Waals surface area contributed by atoms with Crippen LogP contribution in [0.5, 0.6) is 0 Å². The molecular formula is C40H46O21. The molecule has 0 aliphatic carbocycles. The molecule has 0 radical (unpaired) electrons. The van der Waals surface area contributed by atoms with Crippen molar-refractivity contribution in [3.8, 4) is 0 Å². The van der Waals surface area contributed by atoms with E-state index in [1.807, 2.05) is 54.6 Å². The molecule has 3 rings (SSSR count). The summed E-state index contributed by atoms with van der Waals surface area (Å²) in [6, 6.07) is 30.6. The number of aromatic carboxylic acids is 1. The summed E-state index contributed by atoms with van der Waals surface area (Å²) in [7, 11) is 0. The molecule has 0 spiro atoms. The molecule has 0 amide bonds. The van der Waals surface area contributed by atoms with Gasteiger partial charge < -0.3 is 30.6 Å². The Hall–Kier alpha value is -8.43. The second-order valence-electron chi connectivity index (χ2n) is 9.60. The number of carboxylic acids is 5. The van der Waals surface area contributed by atoms with Gasteiger partial charge in [-0.15, -0.1) is 0 Å². The van der Waals surface area contributed by atoms with E-state index < -0.39 is 59.6 Å². The number of benzene rings is 3. The van der Waals surface area contributed by atoms with Crippen molar-refractivity contribution >= 4 is 66.0 Å². The van der Waals surface area contributed by atoms with Crippen LogP contribution in [-0.2, 0) is 67.1 Å². The first-order valence-electron chi connectivity index (χ1n) is 15.2. The summed E-state index contributed by atoms with van der Waals surface area (Å²) in [5, 5.41) is 50.7. The molecule has 21 heteroatoms. The molecule has 0 aliphatic heterocycles. The second kappa shape index (κ2) is 51.6. The number of hydrogen-bond donors (Lipinski definition) is 6. The van der Waals surface area contributed by atoms with Gasteiger partial charge in [0.2, 0.25) is 0 Å². The van der Waals surface area contributed by atoms with Gasteiger partial charge in [0.25, 0.3) is 0 Å². The lowest BCUT2D eigenvalue weighted by atomic mass is 9.96. The van der Waals surface area contributed by atoms with Gasteiger partial charge in [0.1, 0.15) is 17.8 Å². The number of aryl methyl sites for hydroxylation is 1. The minimum atomic E-state index is -1.76. The highest BCUT2D eigenvalue weighted by Crippen LogP contribution is 2.10. The van der Waals surface area contributed by atoms with Crippen LogP contribution in [0.25, 0.3) is 0 Å². The van der Waals surface area contributed by atoms with E-state index in [-0.39, 0.29) is 51.7 Å². The first-order valence-corrected chi connectivity index (χ1v) is 15.2. The van der Waals surface area contributed by atoms with E-state index in [0.29, 0.717) is 11.6 Å². The van der Waals surface area contributed by atoms with Crippen LogP contribution in [0.15, 0.2) is 109 Å². The molecular weight excluding hydrogens is 816 g/mol. The lowest BCUT2D eigenvalue weighted by Gasteiger charge is -2.13. The highest BCUT2D eigenvalue weighted by molar-refractivity contribution is 5.99. The third-order valence-corrected chi connectivity index (χ3v) is 5.15. The molecule has 0 aromatic heterocycles. The Morgan fingerprint density at radius 1 is 0.574 bits per heavy atom. The highest BCUT2D eigenvalue weighted by Gasteiger charge is 2.31. The maximum absolute atomic E-state index is 10.6. The van der Waals surface area contributed by atoms with Crippen molar-refractivity contribution in [2.45, 2.75) is 54.6 Å². The number of aliphatic carboxylic acids is 4. The first-order chi connectivity index (χ1) is 27.6. The number of aliphatic hydroxyl groups is 1. The summed E-state index contributed by atoms with van der Waals surface area (Å²) in [6.07, 6.45) is -1.37. The normalized spacial score (nSPS) is 8.89. The zero-order valence-electron chi connectivity index (χ0n) is 31.2. The number of carbonyl (C=O) groups excluding carboxylic acids is 10. The van der Waals surface area contributed by atoms with Crippen molar-refractivity contribution in [2.75, 3.05) is 0 Å². The van der Waals surface area contributed by atoms with E-state index in [1.165, 1.54) is 12.5 Å².